The fourth-order valence-corrected chi connectivity index (χ4v) is 2.53. The van der Waals surface area contributed by atoms with Crippen molar-refractivity contribution in [2.45, 2.75) is 12.8 Å². The fraction of sp³-hybridized carbons (Fsp3) is 0.529. The van der Waals surface area contributed by atoms with E-state index >= 15 is 0 Å². The quantitative estimate of drug-likeness (QED) is 0.587. The molecule has 1 aliphatic heterocycles. The van der Waals surface area contributed by atoms with Crippen molar-refractivity contribution in [3.8, 4) is 11.5 Å². The minimum atomic E-state index is 0.723. The summed E-state index contributed by atoms with van der Waals surface area (Å²) in [5.41, 5.74) is 1.19. The van der Waals surface area contributed by atoms with Gasteiger partial charge in [-0.1, -0.05) is 12.1 Å². The first kappa shape index (κ1) is 15.9. The maximum atomic E-state index is 5.86. The molecule has 0 aliphatic carbocycles. The van der Waals surface area contributed by atoms with Crippen LogP contribution in [0.25, 0.3) is 0 Å². The van der Waals surface area contributed by atoms with E-state index in [1.807, 2.05) is 18.2 Å². The van der Waals surface area contributed by atoms with Gasteiger partial charge in [-0.05, 0) is 30.5 Å². The van der Waals surface area contributed by atoms with Gasteiger partial charge in [-0.15, -0.1) is 6.58 Å². The summed E-state index contributed by atoms with van der Waals surface area (Å²) < 4.78 is 11.3. The lowest BCUT2D eigenvalue weighted by Crippen LogP contribution is -2.43. The number of hydrogen-bond donors (Lipinski definition) is 1. The van der Waals surface area contributed by atoms with Crippen LogP contribution in [0, 0.1) is 0 Å². The number of methoxy groups -OCH3 is 1. The van der Waals surface area contributed by atoms with Gasteiger partial charge < -0.3 is 19.7 Å². The molecular formula is C17H26N2O2. The zero-order valence-electron chi connectivity index (χ0n) is 12.9. The second-order valence-corrected chi connectivity index (χ2v) is 5.27. The molecule has 1 aliphatic rings. The molecule has 1 aromatic rings. The van der Waals surface area contributed by atoms with Crippen molar-refractivity contribution in [1.29, 1.82) is 0 Å². The van der Waals surface area contributed by atoms with Crippen molar-refractivity contribution in [3.63, 3.8) is 0 Å². The van der Waals surface area contributed by atoms with Crippen molar-refractivity contribution >= 4 is 0 Å². The van der Waals surface area contributed by atoms with Crippen LogP contribution in [0.15, 0.2) is 30.9 Å². The number of rotatable bonds is 8. The molecule has 0 unspecified atom stereocenters. The Labute approximate surface area is 127 Å². The van der Waals surface area contributed by atoms with Crippen molar-refractivity contribution < 1.29 is 9.47 Å². The van der Waals surface area contributed by atoms with Crippen LogP contribution in [-0.2, 0) is 6.42 Å². The smallest absolute Gasteiger partial charge is 0.161 e. The van der Waals surface area contributed by atoms with Gasteiger partial charge in [0.2, 0.25) is 0 Å². The van der Waals surface area contributed by atoms with Gasteiger partial charge >= 0.3 is 0 Å². The number of ether oxygens (including phenoxy) is 2. The third-order valence-electron chi connectivity index (χ3n) is 3.69. The Balaban J connectivity index is 1.77. The molecule has 4 heteroatoms. The Morgan fingerprint density at radius 1 is 1.29 bits per heavy atom. The van der Waals surface area contributed by atoms with E-state index in [1.54, 1.807) is 7.11 Å². The molecule has 0 saturated carbocycles. The van der Waals surface area contributed by atoms with Gasteiger partial charge in [-0.25, -0.2) is 0 Å². The summed E-state index contributed by atoms with van der Waals surface area (Å²) in [5.74, 6) is 1.63. The van der Waals surface area contributed by atoms with Crippen molar-refractivity contribution in [1.82, 2.24) is 10.2 Å². The van der Waals surface area contributed by atoms with Crippen LogP contribution < -0.4 is 14.8 Å². The third-order valence-corrected chi connectivity index (χ3v) is 3.69. The van der Waals surface area contributed by atoms with Crippen LogP contribution in [0.2, 0.25) is 0 Å². The molecule has 0 bridgehead atoms. The second-order valence-electron chi connectivity index (χ2n) is 5.27. The third kappa shape index (κ3) is 5.06. The maximum absolute atomic E-state index is 5.86. The molecule has 1 fully saturated rings. The zero-order chi connectivity index (χ0) is 14.9. The molecule has 1 heterocycles. The predicted octanol–water partition coefficient (Wildman–Crippen LogP) is 2.10. The van der Waals surface area contributed by atoms with E-state index in [2.05, 4.69) is 22.9 Å². The lowest BCUT2D eigenvalue weighted by molar-refractivity contribution is 0.211. The van der Waals surface area contributed by atoms with Gasteiger partial charge in [0.05, 0.1) is 13.7 Å². The van der Waals surface area contributed by atoms with Crippen LogP contribution in [0.1, 0.15) is 12.0 Å². The molecule has 1 saturated heterocycles. The van der Waals surface area contributed by atoms with Crippen LogP contribution in [0.4, 0.5) is 0 Å². The summed E-state index contributed by atoms with van der Waals surface area (Å²) in [7, 11) is 1.68. The molecule has 0 amide bonds. The average molecular weight is 290 g/mol. The second kappa shape index (κ2) is 8.70. The highest BCUT2D eigenvalue weighted by Gasteiger charge is 2.09. The van der Waals surface area contributed by atoms with E-state index in [-0.39, 0.29) is 0 Å². The van der Waals surface area contributed by atoms with Gasteiger partial charge in [0.15, 0.2) is 11.5 Å². The van der Waals surface area contributed by atoms with Gasteiger partial charge in [0.25, 0.3) is 0 Å². The summed E-state index contributed by atoms with van der Waals surface area (Å²) >= 11 is 0. The first-order chi connectivity index (χ1) is 10.3. The number of nitrogens with zero attached hydrogens (tertiary/aromatic N) is 1. The van der Waals surface area contributed by atoms with E-state index in [1.165, 1.54) is 5.56 Å². The standard InChI is InChI=1S/C17H26N2O2/c1-3-5-15-6-7-16(17(14-15)20-2)21-13-4-10-19-11-8-18-9-12-19/h3,6-7,14,18H,1,4-5,8-13H2,2H3. The van der Waals surface area contributed by atoms with Crippen LogP contribution >= 0.6 is 0 Å². The summed E-state index contributed by atoms with van der Waals surface area (Å²) in [6, 6.07) is 6.08. The molecule has 4 nitrogen and oxygen atoms in total. The molecule has 1 N–H and O–H groups in total. The Morgan fingerprint density at radius 3 is 2.81 bits per heavy atom. The van der Waals surface area contributed by atoms with E-state index in [0.717, 1.165) is 63.7 Å². The topological polar surface area (TPSA) is 33.7 Å². The van der Waals surface area contributed by atoms with Crippen LogP contribution in [-0.4, -0.2) is 51.3 Å². The largest absolute Gasteiger partial charge is 0.493 e. The van der Waals surface area contributed by atoms with Crippen LogP contribution in [0.5, 0.6) is 11.5 Å². The Hall–Kier alpha value is -1.52. The van der Waals surface area contributed by atoms with E-state index in [0.29, 0.717) is 0 Å². The highest BCUT2D eigenvalue weighted by Crippen LogP contribution is 2.28. The molecule has 0 atom stereocenters. The lowest BCUT2D eigenvalue weighted by atomic mass is 10.1. The molecule has 1 aromatic carbocycles. The lowest BCUT2D eigenvalue weighted by Gasteiger charge is -2.27. The van der Waals surface area contributed by atoms with Gasteiger partial charge in [0.1, 0.15) is 0 Å². The number of hydrogen-bond acceptors (Lipinski definition) is 4. The van der Waals surface area contributed by atoms with E-state index in [9.17, 15) is 0 Å². The van der Waals surface area contributed by atoms with Gasteiger partial charge in [-0.3, -0.25) is 0 Å². The number of benzene rings is 1. The van der Waals surface area contributed by atoms with Crippen LogP contribution in [0.3, 0.4) is 0 Å². The molecule has 0 radical (unpaired) electrons. The molecule has 116 valence electrons. The summed E-state index contributed by atoms with van der Waals surface area (Å²) in [4.78, 5) is 2.48. The first-order valence-corrected chi connectivity index (χ1v) is 7.67. The highest BCUT2D eigenvalue weighted by molar-refractivity contribution is 5.43. The number of nitrogens with one attached hydrogen (secondary N) is 1. The SMILES string of the molecule is C=CCc1ccc(OCCCN2CCNCC2)c(OC)c1. The highest BCUT2D eigenvalue weighted by atomic mass is 16.5. The maximum Gasteiger partial charge on any atom is 0.161 e. The predicted molar refractivity (Wildman–Crippen MR) is 86.3 cm³/mol. The fourth-order valence-electron chi connectivity index (χ4n) is 2.53. The molecule has 21 heavy (non-hydrogen) atoms. The summed E-state index contributed by atoms with van der Waals surface area (Å²) in [6.45, 7) is 10.0. The van der Waals surface area contributed by atoms with E-state index in [4.69, 9.17) is 9.47 Å². The van der Waals surface area contributed by atoms with Gasteiger partial charge in [-0.2, -0.15) is 0 Å². The monoisotopic (exact) mass is 290 g/mol. The van der Waals surface area contributed by atoms with Gasteiger partial charge in [0, 0.05) is 32.7 Å². The zero-order valence-corrected chi connectivity index (χ0v) is 12.9. The molecular weight excluding hydrogens is 264 g/mol. The van der Waals surface area contributed by atoms with Crippen molar-refractivity contribution in [3.05, 3.63) is 36.4 Å². The Kier molecular flexibility index (Phi) is 6.57. The molecule has 2 rings (SSSR count). The minimum Gasteiger partial charge on any atom is -0.493 e. The number of piperazine rings is 1. The molecule has 0 spiro atoms. The first-order valence-electron chi connectivity index (χ1n) is 7.67. The number of allylic oxidation sites excluding steroid dienone is 1. The Morgan fingerprint density at radius 2 is 2.10 bits per heavy atom. The summed E-state index contributed by atoms with van der Waals surface area (Å²) in [6.07, 6.45) is 3.78. The minimum absolute atomic E-state index is 0.723. The molecule has 0 aromatic heterocycles. The summed E-state index contributed by atoms with van der Waals surface area (Å²) in [5, 5.41) is 3.37. The average Bonchev–Trinajstić information content (AvgIpc) is 2.53. The van der Waals surface area contributed by atoms with Crippen molar-refractivity contribution in [2.24, 2.45) is 0 Å². The Bertz CT molecular complexity index is 442. The van der Waals surface area contributed by atoms with E-state index < -0.39 is 0 Å². The van der Waals surface area contributed by atoms with Crippen molar-refractivity contribution in [2.75, 3.05) is 46.4 Å². The normalized spacial score (nSPS) is 15.7.